The molecule has 144 valence electrons. The minimum atomic E-state index is -4.24. The zero-order chi connectivity index (χ0) is 19.4. The van der Waals surface area contributed by atoms with Crippen LogP contribution in [0.15, 0.2) is 36.5 Å². The van der Waals surface area contributed by atoms with E-state index < -0.39 is 12.6 Å². The second-order valence-electron chi connectivity index (χ2n) is 6.09. The van der Waals surface area contributed by atoms with Crippen LogP contribution in [-0.2, 0) is 7.05 Å². The summed E-state index contributed by atoms with van der Waals surface area (Å²) in [6.45, 7) is 0.0862. The highest BCUT2D eigenvalue weighted by molar-refractivity contribution is 5.87. The molecule has 0 radical (unpaired) electrons. The molecule has 2 heterocycles. The molecular weight excluding hydrogens is 359 g/mol. The van der Waals surface area contributed by atoms with E-state index in [0.717, 1.165) is 5.56 Å². The van der Waals surface area contributed by atoms with Crippen molar-refractivity contribution in [3.8, 4) is 0 Å². The van der Waals surface area contributed by atoms with Crippen molar-refractivity contribution in [1.29, 1.82) is 0 Å². The number of nitrogens with two attached hydrogens (primary N) is 1. The number of hydrogen-bond donors (Lipinski definition) is 3. The molecule has 1 aromatic carbocycles. The number of nitrogens with zero attached hydrogens (tertiary/aromatic N) is 4. The van der Waals surface area contributed by atoms with E-state index in [9.17, 15) is 13.2 Å². The quantitative estimate of drug-likeness (QED) is 0.585. The number of anilines is 2. The highest BCUT2D eigenvalue weighted by Gasteiger charge is 2.26. The Morgan fingerprint density at radius 2 is 1.89 bits per heavy atom. The lowest BCUT2D eigenvalue weighted by Crippen LogP contribution is -2.22. The first-order valence-corrected chi connectivity index (χ1v) is 8.38. The van der Waals surface area contributed by atoms with Crippen LogP contribution < -0.4 is 16.4 Å². The number of aromatic nitrogens is 4. The molecule has 0 aliphatic carbocycles. The molecule has 0 aliphatic heterocycles. The van der Waals surface area contributed by atoms with Crippen molar-refractivity contribution >= 4 is 22.8 Å². The van der Waals surface area contributed by atoms with Gasteiger partial charge in [-0.15, -0.1) is 0 Å². The summed E-state index contributed by atoms with van der Waals surface area (Å²) in [6, 6.07) is 9.26. The molecule has 7 nitrogen and oxygen atoms in total. The minimum absolute atomic E-state index is 0.270. The van der Waals surface area contributed by atoms with Crippen LogP contribution in [0.1, 0.15) is 18.0 Å². The lowest BCUT2D eigenvalue weighted by Gasteiger charge is -2.14. The maximum Gasteiger partial charge on any atom is 0.390 e. The van der Waals surface area contributed by atoms with Crippen LogP contribution in [0, 0.1) is 0 Å². The van der Waals surface area contributed by atoms with Crippen LogP contribution in [0.5, 0.6) is 0 Å². The van der Waals surface area contributed by atoms with Gasteiger partial charge in [0.1, 0.15) is 5.82 Å². The molecule has 0 fully saturated rings. The monoisotopic (exact) mass is 379 g/mol. The maximum absolute atomic E-state index is 12.4. The Morgan fingerprint density at radius 3 is 2.59 bits per heavy atom. The van der Waals surface area contributed by atoms with E-state index in [0.29, 0.717) is 23.4 Å². The van der Waals surface area contributed by atoms with Gasteiger partial charge in [0.2, 0.25) is 5.95 Å². The van der Waals surface area contributed by atoms with Gasteiger partial charge in [-0.1, -0.05) is 30.3 Å². The molecular formula is C17H20F3N7. The van der Waals surface area contributed by atoms with Crippen LogP contribution in [0.4, 0.5) is 24.9 Å². The maximum atomic E-state index is 12.4. The van der Waals surface area contributed by atoms with E-state index in [-0.39, 0.29) is 18.5 Å². The van der Waals surface area contributed by atoms with Crippen molar-refractivity contribution in [3.05, 3.63) is 42.1 Å². The van der Waals surface area contributed by atoms with E-state index in [1.54, 1.807) is 7.05 Å². The molecule has 4 N–H and O–H groups in total. The second-order valence-corrected chi connectivity index (χ2v) is 6.09. The predicted molar refractivity (Wildman–Crippen MR) is 97.3 cm³/mol. The lowest BCUT2D eigenvalue weighted by molar-refractivity contribution is -0.131. The fourth-order valence-corrected chi connectivity index (χ4v) is 2.58. The Kier molecular flexibility index (Phi) is 5.45. The number of hydrogen-bond acceptors (Lipinski definition) is 6. The highest BCUT2D eigenvalue weighted by atomic mass is 19.4. The number of nitrogens with one attached hydrogen (secondary N) is 2. The molecule has 3 aromatic rings. The fourth-order valence-electron chi connectivity index (χ4n) is 2.58. The molecule has 0 amide bonds. The smallest absolute Gasteiger partial charge is 0.369 e. The van der Waals surface area contributed by atoms with Gasteiger partial charge >= 0.3 is 6.18 Å². The summed E-state index contributed by atoms with van der Waals surface area (Å²) in [6.07, 6.45) is -3.68. The Balaban J connectivity index is 1.76. The van der Waals surface area contributed by atoms with Crippen LogP contribution in [0.2, 0.25) is 0 Å². The zero-order valence-electron chi connectivity index (χ0n) is 14.7. The Bertz CT molecular complexity index is 893. The van der Waals surface area contributed by atoms with E-state index in [4.69, 9.17) is 5.73 Å². The summed E-state index contributed by atoms with van der Waals surface area (Å²) in [4.78, 5) is 8.67. The number of rotatable bonds is 7. The van der Waals surface area contributed by atoms with Crippen molar-refractivity contribution < 1.29 is 13.2 Å². The van der Waals surface area contributed by atoms with Gasteiger partial charge in [-0.05, 0) is 5.56 Å². The molecule has 0 saturated carbocycles. The van der Waals surface area contributed by atoms with E-state index in [1.807, 2.05) is 30.3 Å². The third kappa shape index (κ3) is 4.85. The van der Waals surface area contributed by atoms with Gasteiger partial charge in [0.15, 0.2) is 5.65 Å². The van der Waals surface area contributed by atoms with Crippen molar-refractivity contribution in [3.63, 3.8) is 0 Å². The van der Waals surface area contributed by atoms with Crippen molar-refractivity contribution in [1.82, 2.24) is 19.7 Å². The van der Waals surface area contributed by atoms with Crippen molar-refractivity contribution in [2.45, 2.75) is 18.6 Å². The topological polar surface area (TPSA) is 93.7 Å². The second kappa shape index (κ2) is 7.78. The molecule has 0 bridgehead atoms. The largest absolute Gasteiger partial charge is 0.390 e. The van der Waals surface area contributed by atoms with Crippen molar-refractivity contribution in [2.24, 2.45) is 12.8 Å². The average molecular weight is 379 g/mol. The normalized spacial score (nSPS) is 12.9. The highest BCUT2D eigenvalue weighted by Crippen LogP contribution is 2.24. The fraction of sp³-hybridized carbons (Fsp3) is 0.353. The minimum Gasteiger partial charge on any atom is -0.369 e. The first-order valence-electron chi connectivity index (χ1n) is 8.38. The van der Waals surface area contributed by atoms with Crippen LogP contribution in [0.3, 0.4) is 0 Å². The number of alkyl halides is 3. The Morgan fingerprint density at radius 1 is 1.15 bits per heavy atom. The Hall–Kier alpha value is -2.88. The molecule has 0 unspecified atom stereocenters. The Labute approximate surface area is 153 Å². The van der Waals surface area contributed by atoms with Gasteiger partial charge in [0.25, 0.3) is 0 Å². The average Bonchev–Trinajstić information content (AvgIpc) is 3.00. The first-order chi connectivity index (χ1) is 12.8. The molecule has 0 aliphatic rings. The summed E-state index contributed by atoms with van der Waals surface area (Å²) in [7, 11) is 1.70. The van der Waals surface area contributed by atoms with Crippen molar-refractivity contribution in [2.75, 3.05) is 23.7 Å². The van der Waals surface area contributed by atoms with Crippen LogP contribution >= 0.6 is 0 Å². The van der Waals surface area contributed by atoms with Gasteiger partial charge in [-0.3, -0.25) is 4.68 Å². The first kappa shape index (κ1) is 18.9. The third-order valence-electron chi connectivity index (χ3n) is 4.00. The van der Waals surface area contributed by atoms with E-state index in [1.165, 1.54) is 10.9 Å². The number of benzene rings is 1. The number of halogens is 3. The molecule has 10 heteroatoms. The number of fused-ring (bicyclic) bond motifs is 1. The van der Waals surface area contributed by atoms with Gasteiger partial charge in [-0.25, -0.2) is 0 Å². The van der Waals surface area contributed by atoms with Gasteiger partial charge < -0.3 is 16.4 Å². The summed E-state index contributed by atoms with van der Waals surface area (Å²) < 4.78 is 38.8. The molecule has 3 rings (SSSR count). The molecule has 0 spiro atoms. The van der Waals surface area contributed by atoms with Gasteiger partial charge in [-0.2, -0.15) is 28.2 Å². The molecule has 27 heavy (non-hydrogen) atoms. The molecule has 1 atom stereocenters. The zero-order valence-corrected chi connectivity index (χ0v) is 14.7. The predicted octanol–water partition coefficient (Wildman–Crippen LogP) is 2.84. The molecule has 2 aromatic heterocycles. The van der Waals surface area contributed by atoms with Gasteiger partial charge in [0.05, 0.1) is 18.0 Å². The van der Waals surface area contributed by atoms with Crippen LogP contribution in [-0.4, -0.2) is 39.0 Å². The SMILES string of the molecule is Cn1ncc2c(NCCC(F)(F)F)nc(NC[C@H](N)c3ccccc3)nc21. The third-order valence-corrected chi connectivity index (χ3v) is 4.00. The standard InChI is InChI=1S/C17H20F3N7/c1-27-15-12(9-24-27)14(22-8-7-17(18,19)20)25-16(26-15)23-10-13(21)11-5-3-2-4-6-11/h2-6,9,13H,7-8,10,21H2,1H3,(H2,22,23,25,26)/t13-/m0/s1. The summed E-state index contributed by atoms with van der Waals surface area (Å²) in [5, 5.41) is 10.4. The van der Waals surface area contributed by atoms with E-state index in [2.05, 4.69) is 25.7 Å². The van der Waals surface area contributed by atoms with E-state index >= 15 is 0 Å². The number of aryl methyl sites for hydroxylation is 1. The summed E-state index contributed by atoms with van der Waals surface area (Å²) in [5.74, 6) is 0.570. The summed E-state index contributed by atoms with van der Waals surface area (Å²) >= 11 is 0. The summed E-state index contributed by atoms with van der Waals surface area (Å²) in [5.41, 5.74) is 7.62. The lowest BCUT2D eigenvalue weighted by atomic mass is 10.1. The van der Waals surface area contributed by atoms with Crippen LogP contribution in [0.25, 0.3) is 11.0 Å². The molecule has 0 saturated heterocycles. The van der Waals surface area contributed by atoms with Gasteiger partial charge in [0, 0.05) is 26.2 Å².